The number of alkyl halides is 3. The van der Waals surface area contributed by atoms with Crippen molar-refractivity contribution in [2.45, 2.75) is 25.2 Å². The van der Waals surface area contributed by atoms with E-state index in [0.717, 1.165) is 23.3 Å². The van der Waals surface area contributed by atoms with Crippen LogP contribution in [0.1, 0.15) is 27.0 Å². The van der Waals surface area contributed by atoms with Crippen molar-refractivity contribution in [1.29, 1.82) is 0 Å². The maximum atomic E-state index is 13.0. The zero-order valence-corrected chi connectivity index (χ0v) is 14.7. The molecule has 2 heterocycles. The Morgan fingerprint density at radius 1 is 1.21 bits per heavy atom. The molecular weight excluding hydrogens is 373 g/mol. The summed E-state index contributed by atoms with van der Waals surface area (Å²) in [6.45, 7) is 0.949. The molecule has 2 aromatic carbocycles. The van der Waals surface area contributed by atoms with Gasteiger partial charge in [-0.15, -0.1) is 0 Å². The van der Waals surface area contributed by atoms with Crippen molar-refractivity contribution in [1.82, 2.24) is 5.32 Å². The number of carbonyl (C=O) groups is 1. The van der Waals surface area contributed by atoms with Crippen molar-refractivity contribution in [3.8, 4) is 5.75 Å². The van der Waals surface area contributed by atoms with Gasteiger partial charge in [0, 0.05) is 12.1 Å². The monoisotopic (exact) mass is 389 g/mol. The van der Waals surface area contributed by atoms with E-state index < -0.39 is 23.7 Å². The summed E-state index contributed by atoms with van der Waals surface area (Å²) in [5, 5.41) is 3.05. The quantitative estimate of drug-likeness (QED) is 0.858. The highest BCUT2D eigenvalue weighted by atomic mass is 19.4. The van der Waals surface area contributed by atoms with Gasteiger partial charge in [0.1, 0.15) is 12.4 Å². The Bertz CT molecular complexity index is 943. The Labute approximate surface area is 159 Å². The number of benzene rings is 2. The van der Waals surface area contributed by atoms with E-state index in [0.29, 0.717) is 24.4 Å². The summed E-state index contributed by atoms with van der Waals surface area (Å²) < 4.78 is 44.6. The number of ether oxygens (including phenoxy) is 1. The van der Waals surface area contributed by atoms with Crippen LogP contribution in [0.15, 0.2) is 36.4 Å². The van der Waals surface area contributed by atoms with Crippen molar-refractivity contribution in [3.63, 3.8) is 0 Å². The molecule has 1 radical (unpaired) electrons. The number of hydrogen-bond donors (Lipinski definition) is 1. The lowest BCUT2D eigenvalue weighted by molar-refractivity contribution is -0.137. The molecule has 0 fully saturated rings. The third-order valence-electron chi connectivity index (χ3n) is 4.93. The third kappa shape index (κ3) is 3.35. The highest BCUT2D eigenvalue weighted by Gasteiger charge is 2.33. The standard InChI is InChI=1S/C20H16F3N2O3/c21-20(22,23)15-3-1-2-12(6-15)19(27)25-4-5-28-18-9-14-10-24-16(11-26)7-13(14)8-17(18)25/h1-3,6,8-9,16,24H,4-5,7,10H2. The lowest BCUT2D eigenvalue weighted by Crippen LogP contribution is -2.40. The number of hydrogen-bond acceptors (Lipinski definition) is 4. The van der Waals surface area contributed by atoms with E-state index in [1.54, 1.807) is 6.07 Å². The molecule has 0 spiro atoms. The molecule has 1 atom stereocenters. The predicted octanol–water partition coefficient (Wildman–Crippen LogP) is 2.87. The topological polar surface area (TPSA) is 58.6 Å². The first-order chi connectivity index (χ1) is 13.4. The lowest BCUT2D eigenvalue weighted by atomic mass is 9.94. The zero-order valence-electron chi connectivity index (χ0n) is 14.7. The Kier molecular flexibility index (Phi) is 4.58. The molecule has 0 saturated carbocycles. The number of amides is 1. The van der Waals surface area contributed by atoms with Crippen LogP contribution in [0, 0.1) is 0 Å². The molecule has 2 aliphatic heterocycles. The second-order valence-electron chi connectivity index (χ2n) is 6.73. The van der Waals surface area contributed by atoms with E-state index in [1.807, 2.05) is 12.4 Å². The number of fused-ring (bicyclic) bond motifs is 2. The molecule has 0 bridgehead atoms. The molecule has 4 rings (SSSR count). The van der Waals surface area contributed by atoms with Gasteiger partial charge in [-0.2, -0.15) is 13.2 Å². The van der Waals surface area contributed by atoms with Crippen LogP contribution in [0.5, 0.6) is 5.75 Å². The second-order valence-corrected chi connectivity index (χ2v) is 6.73. The number of nitrogens with one attached hydrogen (secondary N) is 1. The normalized spacial score (nSPS) is 18.7. The highest BCUT2D eigenvalue weighted by Crippen LogP contribution is 2.37. The van der Waals surface area contributed by atoms with Crippen molar-refractivity contribution < 1.29 is 27.5 Å². The van der Waals surface area contributed by atoms with Gasteiger partial charge in [-0.05, 0) is 47.9 Å². The van der Waals surface area contributed by atoms with E-state index in [9.17, 15) is 22.8 Å². The molecule has 1 amide bonds. The summed E-state index contributed by atoms with van der Waals surface area (Å²) in [5.41, 5.74) is 1.43. The molecule has 0 aromatic heterocycles. The summed E-state index contributed by atoms with van der Waals surface area (Å²) in [6.07, 6.45) is -2.17. The fourth-order valence-electron chi connectivity index (χ4n) is 3.51. The third-order valence-corrected chi connectivity index (χ3v) is 4.93. The minimum atomic E-state index is -4.52. The van der Waals surface area contributed by atoms with Gasteiger partial charge in [-0.25, -0.2) is 0 Å². The van der Waals surface area contributed by atoms with Crippen LogP contribution in [0.2, 0.25) is 0 Å². The van der Waals surface area contributed by atoms with E-state index in [1.165, 1.54) is 17.0 Å². The van der Waals surface area contributed by atoms with Gasteiger partial charge in [0.25, 0.3) is 5.91 Å². The molecule has 0 aliphatic carbocycles. The molecule has 5 nitrogen and oxygen atoms in total. The minimum Gasteiger partial charge on any atom is -0.490 e. The Morgan fingerprint density at radius 2 is 2.04 bits per heavy atom. The minimum absolute atomic E-state index is 0.0406. The van der Waals surface area contributed by atoms with E-state index in [2.05, 4.69) is 5.32 Å². The fourth-order valence-corrected chi connectivity index (χ4v) is 3.51. The van der Waals surface area contributed by atoms with Crippen molar-refractivity contribution in [3.05, 3.63) is 58.7 Å². The van der Waals surface area contributed by atoms with Gasteiger partial charge in [-0.1, -0.05) is 6.07 Å². The summed E-state index contributed by atoms with van der Waals surface area (Å²) in [6, 6.07) is 7.54. The second kappa shape index (κ2) is 6.94. The number of carbonyl (C=O) groups excluding carboxylic acids is 2. The van der Waals surface area contributed by atoms with Crippen LogP contribution in [0.4, 0.5) is 18.9 Å². The van der Waals surface area contributed by atoms with Crippen molar-refractivity contribution in [2.24, 2.45) is 0 Å². The van der Waals surface area contributed by atoms with Gasteiger partial charge >= 0.3 is 6.18 Å². The predicted molar refractivity (Wildman–Crippen MR) is 95.1 cm³/mol. The first-order valence-electron chi connectivity index (χ1n) is 8.75. The molecule has 1 unspecified atom stereocenters. The summed E-state index contributed by atoms with van der Waals surface area (Å²) in [5.74, 6) is -0.0244. The maximum absolute atomic E-state index is 13.0. The molecule has 145 valence electrons. The summed E-state index contributed by atoms with van der Waals surface area (Å²) >= 11 is 0. The average Bonchev–Trinajstić information content (AvgIpc) is 2.70. The van der Waals surface area contributed by atoms with E-state index in [-0.39, 0.29) is 18.7 Å². The van der Waals surface area contributed by atoms with Crippen LogP contribution < -0.4 is 15.0 Å². The Hall–Kier alpha value is -2.87. The van der Waals surface area contributed by atoms with Gasteiger partial charge in [-0.3, -0.25) is 9.59 Å². The summed E-state index contributed by atoms with van der Waals surface area (Å²) in [7, 11) is 0. The maximum Gasteiger partial charge on any atom is 0.416 e. The van der Waals surface area contributed by atoms with Crippen molar-refractivity contribution in [2.75, 3.05) is 18.1 Å². The lowest BCUT2D eigenvalue weighted by Gasteiger charge is -2.32. The Balaban J connectivity index is 1.70. The number of halogens is 3. The highest BCUT2D eigenvalue weighted by molar-refractivity contribution is 6.07. The number of rotatable bonds is 2. The van der Waals surface area contributed by atoms with Gasteiger partial charge in [0.05, 0.1) is 23.8 Å². The molecule has 2 aliphatic rings. The first kappa shape index (κ1) is 18.5. The molecule has 2 aromatic rings. The number of anilines is 1. The molecular formula is C20H16F3N2O3. The van der Waals surface area contributed by atoms with Crippen LogP contribution in [0.3, 0.4) is 0 Å². The molecule has 8 heteroatoms. The average molecular weight is 389 g/mol. The SMILES string of the molecule is O=[C]C1Cc2cc3c(cc2CN1)OCCN3C(=O)c1cccc(C(F)(F)F)c1. The van der Waals surface area contributed by atoms with Gasteiger partial charge in [0.2, 0.25) is 6.29 Å². The molecule has 0 saturated heterocycles. The van der Waals surface area contributed by atoms with Crippen LogP contribution in [-0.2, 0) is 23.9 Å². The zero-order chi connectivity index (χ0) is 19.9. The fraction of sp³-hybridized carbons (Fsp3) is 0.300. The van der Waals surface area contributed by atoms with Gasteiger partial charge in [0.15, 0.2) is 0 Å². The number of nitrogens with zero attached hydrogens (tertiary/aromatic N) is 1. The molecule has 1 N–H and O–H groups in total. The largest absolute Gasteiger partial charge is 0.490 e. The van der Waals surface area contributed by atoms with Crippen LogP contribution in [0.25, 0.3) is 0 Å². The smallest absolute Gasteiger partial charge is 0.416 e. The first-order valence-corrected chi connectivity index (χ1v) is 8.75. The van der Waals surface area contributed by atoms with Gasteiger partial charge < -0.3 is 15.0 Å². The van der Waals surface area contributed by atoms with Crippen LogP contribution in [-0.4, -0.2) is 31.4 Å². The van der Waals surface area contributed by atoms with Crippen LogP contribution >= 0.6 is 0 Å². The Morgan fingerprint density at radius 3 is 2.79 bits per heavy atom. The van der Waals surface area contributed by atoms with Crippen molar-refractivity contribution >= 4 is 17.9 Å². The molecule has 28 heavy (non-hydrogen) atoms. The summed E-state index contributed by atoms with van der Waals surface area (Å²) in [4.78, 5) is 25.3. The van der Waals surface area contributed by atoms with E-state index in [4.69, 9.17) is 4.74 Å². The van der Waals surface area contributed by atoms with E-state index >= 15 is 0 Å².